The molecule has 206 valence electrons. The van der Waals surface area contributed by atoms with Crippen LogP contribution in [-0.2, 0) is 6.54 Å². The minimum atomic E-state index is -0.130. The number of nitrogens with zero attached hydrogens (tertiary/aromatic N) is 1. The molecule has 3 heterocycles. The SMILES string of the molecule is CCCCCCCCCCC(CCCCCCCC)Cn1c(=O)c2sc(Br)cc2c2c(Br)csc2c1=O. The molecule has 3 rings (SSSR count). The van der Waals surface area contributed by atoms with Gasteiger partial charge in [-0.1, -0.05) is 104 Å². The number of thiophene rings is 2. The summed E-state index contributed by atoms with van der Waals surface area (Å²) in [5.74, 6) is 0.371. The molecule has 0 amide bonds. The predicted molar refractivity (Wildman–Crippen MR) is 172 cm³/mol. The third-order valence-electron chi connectivity index (χ3n) is 7.47. The lowest BCUT2D eigenvalue weighted by atomic mass is 9.94. The van der Waals surface area contributed by atoms with Crippen LogP contribution in [0.3, 0.4) is 0 Å². The summed E-state index contributed by atoms with van der Waals surface area (Å²) in [4.78, 5) is 27.4. The van der Waals surface area contributed by atoms with Gasteiger partial charge in [0.05, 0.1) is 3.79 Å². The number of unbranched alkanes of at least 4 members (excludes halogenated alkanes) is 12. The molecule has 7 heteroatoms. The number of halogens is 2. The molecule has 0 aromatic carbocycles. The summed E-state index contributed by atoms with van der Waals surface area (Å²) in [5.41, 5.74) is -0.256. The highest BCUT2D eigenvalue weighted by Gasteiger charge is 2.19. The normalized spacial score (nSPS) is 12.6. The van der Waals surface area contributed by atoms with Gasteiger partial charge in [0.25, 0.3) is 11.1 Å². The molecule has 0 saturated carbocycles. The van der Waals surface area contributed by atoms with Crippen molar-refractivity contribution in [3.05, 3.63) is 40.4 Å². The first-order chi connectivity index (χ1) is 18.0. The summed E-state index contributed by atoms with van der Waals surface area (Å²) >= 11 is 10.1. The molecule has 0 radical (unpaired) electrons. The second-order valence-electron chi connectivity index (χ2n) is 10.5. The maximum atomic E-state index is 13.7. The molecule has 37 heavy (non-hydrogen) atoms. The lowest BCUT2D eigenvalue weighted by molar-refractivity contribution is 0.351. The first-order valence-corrected chi connectivity index (χ1v) is 17.7. The maximum absolute atomic E-state index is 13.7. The zero-order valence-corrected chi connectivity index (χ0v) is 27.4. The van der Waals surface area contributed by atoms with Crippen molar-refractivity contribution < 1.29 is 0 Å². The molecule has 3 nitrogen and oxygen atoms in total. The molecule has 0 N–H and O–H groups in total. The highest BCUT2D eigenvalue weighted by Crippen LogP contribution is 2.37. The van der Waals surface area contributed by atoms with Gasteiger partial charge in [0.2, 0.25) is 0 Å². The molecule has 0 fully saturated rings. The molecule has 3 aromatic rings. The monoisotopic (exact) mass is 671 g/mol. The van der Waals surface area contributed by atoms with Crippen LogP contribution in [-0.4, -0.2) is 4.57 Å². The van der Waals surface area contributed by atoms with Gasteiger partial charge < -0.3 is 0 Å². The fourth-order valence-corrected chi connectivity index (χ4v) is 8.59. The first-order valence-electron chi connectivity index (χ1n) is 14.4. The number of hydrogen-bond donors (Lipinski definition) is 0. The molecule has 0 aliphatic heterocycles. The van der Waals surface area contributed by atoms with Gasteiger partial charge in [-0.3, -0.25) is 14.2 Å². The molecule has 1 unspecified atom stereocenters. The number of fused-ring (bicyclic) bond motifs is 3. The lowest BCUT2D eigenvalue weighted by Crippen LogP contribution is -2.32. The Morgan fingerprint density at radius 2 is 1.27 bits per heavy atom. The van der Waals surface area contributed by atoms with Gasteiger partial charge in [-0.05, 0) is 56.7 Å². The van der Waals surface area contributed by atoms with Crippen molar-refractivity contribution >= 4 is 74.7 Å². The summed E-state index contributed by atoms with van der Waals surface area (Å²) in [6.07, 6.45) is 20.3. The first kappa shape index (κ1) is 31.0. The van der Waals surface area contributed by atoms with Gasteiger partial charge in [-0.2, -0.15) is 0 Å². The number of rotatable bonds is 18. The van der Waals surface area contributed by atoms with Gasteiger partial charge in [-0.15, -0.1) is 22.7 Å². The largest absolute Gasteiger partial charge is 0.273 e. The molecular formula is C30H43Br2NO2S2. The summed E-state index contributed by atoms with van der Waals surface area (Å²) in [6, 6.07) is 1.99. The van der Waals surface area contributed by atoms with E-state index in [9.17, 15) is 9.59 Å². The zero-order valence-electron chi connectivity index (χ0n) is 22.6. The summed E-state index contributed by atoms with van der Waals surface area (Å²) in [5, 5.41) is 3.72. The van der Waals surface area contributed by atoms with Gasteiger partial charge in [0.1, 0.15) is 9.40 Å². The molecule has 0 bridgehead atoms. The lowest BCUT2D eigenvalue weighted by Gasteiger charge is -2.17. The Morgan fingerprint density at radius 3 is 1.84 bits per heavy atom. The summed E-state index contributed by atoms with van der Waals surface area (Å²) in [6.45, 7) is 5.05. The molecule has 0 aliphatic carbocycles. The van der Waals surface area contributed by atoms with Crippen molar-refractivity contribution in [2.75, 3.05) is 0 Å². The van der Waals surface area contributed by atoms with Crippen LogP contribution in [0.5, 0.6) is 0 Å². The smallest absolute Gasteiger partial charge is 0.271 e. The van der Waals surface area contributed by atoms with E-state index in [4.69, 9.17) is 0 Å². The Labute approximate surface area is 247 Å². The van der Waals surface area contributed by atoms with E-state index in [1.54, 1.807) is 4.57 Å². The highest BCUT2D eigenvalue weighted by molar-refractivity contribution is 9.11. The van der Waals surface area contributed by atoms with Crippen molar-refractivity contribution in [3.63, 3.8) is 0 Å². The van der Waals surface area contributed by atoms with Gasteiger partial charge >= 0.3 is 0 Å². The van der Waals surface area contributed by atoms with Crippen molar-refractivity contribution in [2.45, 2.75) is 123 Å². The number of aromatic nitrogens is 1. The van der Waals surface area contributed by atoms with Crippen LogP contribution < -0.4 is 11.1 Å². The average molecular weight is 674 g/mol. The third-order valence-corrected chi connectivity index (χ3v) is 11.0. The summed E-state index contributed by atoms with van der Waals surface area (Å²) < 4.78 is 4.73. The van der Waals surface area contributed by atoms with Crippen LogP contribution in [0.1, 0.15) is 117 Å². The van der Waals surface area contributed by atoms with Gasteiger partial charge in [-0.25, -0.2) is 0 Å². The Balaban J connectivity index is 1.77. The van der Waals surface area contributed by atoms with E-state index in [2.05, 4.69) is 45.7 Å². The number of hydrogen-bond acceptors (Lipinski definition) is 4. The van der Waals surface area contributed by atoms with Crippen LogP contribution in [0.15, 0.2) is 29.3 Å². The Hall–Kier alpha value is -0.500. The molecular weight excluding hydrogens is 630 g/mol. The van der Waals surface area contributed by atoms with E-state index in [1.165, 1.54) is 113 Å². The Morgan fingerprint density at radius 1 is 0.757 bits per heavy atom. The highest BCUT2D eigenvalue weighted by atomic mass is 79.9. The standard InChI is InChI=1S/C30H43Br2NO2S2/c1-3-5-7-9-11-12-14-16-18-22(17-15-13-10-8-6-4-2)20-33-29(34)27-23(19-25(32)37-27)26-24(31)21-36-28(26)30(33)35/h19,21-22H,3-18,20H2,1-2H3. The fraction of sp³-hybridized carbons (Fsp3) is 0.667. The quantitative estimate of drug-likeness (QED) is 0.126. The van der Waals surface area contributed by atoms with E-state index >= 15 is 0 Å². The van der Waals surface area contributed by atoms with E-state index in [-0.39, 0.29) is 11.1 Å². The van der Waals surface area contributed by atoms with Crippen molar-refractivity contribution in [1.82, 2.24) is 4.57 Å². The van der Waals surface area contributed by atoms with Gasteiger partial charge in [0, 0.05) is 27.2 Å². The van der Waals surface area contributed by atoms with E-state index in [0.717, 1.165) is 31.9 Å². The van der Waals surface area contributed by atoms with Gasteiger partial charge in [0.15, 0.2) is 0 Å². The topological polar surface area (TPSA) is 39.1 Å². The maximum Gasteiger partial charge on any atom is 0.271 e. The molecule has 0 aliphatic rings. The fourth-order valence-electron chi connectivity index (χ4n) is 5.32. The predicted octanol–water partition coefficient (Wildman–Crippen LogP) is 11.1. The minimum absolute atomic E-state index is 0.126. The molecule has 1 atom stereocenters. The van der Waals surface area contributed by atoms with Crippen LogP contribution in [0.4, 0.5) is 0 Å². The minimum Gasteiger partial charge on any atom is -0.273 e. The zero-order chi connectivity index (χ0) is 26.6. The average Bonchev–Trinajstić information content (AvgIpc) is 3.44. The summed E-state index contributed by atoms with van der Waals surface area (Å²) in [7, 11) is 0. The van der Waals surface area contributed by atoms with Crippen LogP contribution >= 0.6 is 54.5 Å². The van der Waals surface area contributed by atoms with Crippen molar-refractivity contribution in [2.24, 2.45) is 5.92 Å². The van der Waals surface area contributed by atoms with Crippen LogP contribution in [0.2, 0.25) is 0 Å². The van der Waals surface area contributed by atoms with E-state index in [0.29, 0.717) is 21.9 Å². The van der Waals surface area contributed by atoms with Crippen molar-refractivity contribution in [1.29, 1.82) is 0 Å². The second kappa shape index (κ2) is 16.6. The van der Waals surface area contributed by atoms with Crippen LogP contribution in [0, 0.1) is 5.92 Å². The van der Waals surface area contributed by atoms with Crippen molar-refractivity contribution in [3.8, 4) is 0 Å². The van der Waals surface area contributed by atoms with E-state index in [1.807, 2.05) is 11.4 Å². The Kier molecular flexibility index (Phi) is 13.9. The van der Waals surface area contributed by atoms with Crippen LogP contribution in [0.25, 0.3) is 20.2 Å². The third kappa shape index (κ3) is 9.01. The molecule has 0 spiro atoms. The molecule has 3 aromatic heterocycles. The Bertz CT molecular complexity index is 1230. The van der Waals surface area contributed by atoms with E-state index < -0.39 is 0 Å². The second-order valence-corrected chi connectivity index (χ2v) is 14.7. The molecule has 0 saturated heterocycles.